The number of anilines is 1. The minimum atomic E-state index is -3.27. The third-order valence-corrected chi connectivity index (χ3v) is 10.0. The van der Waals surface area contributed by atoms with Crippen LogP contribution in [0.1, 0.15) is 43.1 Å². The van der Waals surface area contributed by atoms with Gasteiger partial charge >= 0.3 is 5.97 Å². The molecule has 2 aromatic carbocycles. The summed E-state index contributed by atoms with van der Waals surface area (Å²) in [6.45, 7) is 5.58. The molecule has 1 saturated heterocycles. The molecule has 4 aromatic rings. The van der Waals surface area contributed by atoms with Gasteiger partial charge in [0.2, 0.25) is 15.9 Å². The first-order valence-corrected chi connectivity index (χ1v) is 18.1. The number of nitrogen functional groups attached to an aromatic ring is 1. The Morgan fingerprint density at radius 3 is 2.47 bits per heavy atom. The Bertz CT molecular complexity index is 1830. The lowest BCUT2D eigenvalue weighted by atomic mass is 10.1. The van der Waals surface area contributed by atoms with Crippen molar-refractivity contribution in [1.29, 1.82) is 0 Å². The van der Waals surface area contributed by atoms with E-state index in [1.165, 1.54) is 17.7 Å². The molecule has 0 unspecified atom stereocenters. The van der Waals surface area contributed by atoms with Gasteiger partial charge in [0.25, 0.3) is 0 Å². The van der Waals surface area contributed by atoms with E-state index in [0.717, 1.165) is 52.6 Å². The molecule has 3 heterocycles. The van der Waals surface area contributed by atoms with Crippen LogP contribution < -0.4 is 5.73 Å². The SMILES string of the molecule is CCCCc1nc2c(N)nc3ccccc3c2n1CCCN(Cc1cccc(CC(=O)OC)c1)C(=O)CN1CCN(S(C)(=O)=O)CC1. The van der Waals surface area contributed by atoms with Crippen molar-refractivity contribution in [3.8, 4) is 0 Å². The van der Waals surface area contributed by atoms with Gasteiger partial charge < -0.3 is 19.9 Å². The largest absolute Gasteiger partial charge is 0.469 e. The molecule has 12 nitrogen and oxygen atoms in total. The third-order valence-electron chi connectivity index (χ3n) is 8.71. The van der Waals surface area contributed by atoms with E-state index in [9.17, 15) is 18.0 Å². The highest BCUT2D eigenvalue weighted by molar-refractivity contribution is 7.88. The first-order valence-electron chi connectivity index (χ1n) is 16.2. The second-order valence-corrected chi connectivity index (χ2v) is 14.2. The molecule has 0 saturated carbocycles. The standard InChI is InChI=1S/C34H45N7O5S/c1-4-5-14-29-37-32-33(27-12-6-7-13-28(27)36-34(32)35)41(29)16-9-15-39(23-26-11-8-10-25(21-26)22-31(43)46-2)30(42)24-38-17-19-40(20-18-38)47(3,44)45/h6-8,10-13,21H,4-5,9,14-20,22-24H2,1-3H3,(H2,35,36). The summed E-state index contributed by atoms with van der Waals surface area (Å²) >= 11 is 0. The van der Waals surface area contributed by atoms with E-state index in [1.807, 2.05) is 58.3 Å². The van der Waals surface area contributed by atoms with Gasteiger partial charge in [0.1, 0.15) is 11.3 Å². The smallest absolute Gasteiger partial charge is 0.309 e. The number of carbonyl (C=O) groups excluding carboxylic acids is 2. The van der Waals surface area contributed by atoms with E-state index in [1.54, 1.807) is 0 Å². The van der Waals surface area contributed by atoms with Crippen LogP contribution in [0.4, 0.5) is 5.82 Å². The molecule has 13 heteroatoms. The van der Waals surface area contributed by atoms with Crippen LogP contribution in [0.15, 0.2) is 48.5 Å². The van der Waals surface area contributed by atoms with Crippen LogP contribution in [0.25, 0.3) is 21.9 Å². The van der Waals surface area contributed by atoms with E-state index in [2.05, 4.69) is 16.5 Å². The van der Waals surface area contributed by atoms with Crippen molar-refractivity contribution in [2.75, 3.05) is 58.4 Å². The predicted octanol–water partition coefficient (Wildman–Crippen LogP) is 3.22. The lowest BCUT2D eigenvalue weighted by Gasteiger charge is -2.34. The fourth-order valence-corrected chi connectivity index (χ4v) is 7.02. The van der Waals surface area contributed by atoms with Crippen molar-refractivity contribution in [2.45, 2.75) is 52.1 Å². The van der Waals surface area contributed by atoms with Crippen molar-refractivity contribution in [3.05, 3.63) is 65.5 Å². The zero-order valence-electron chi connectivity index (χ0n) is 27.5. The maximum Gasteiger partial charge on any atom is 0.309 e. The summed E-state index contributed by atoms with van der Waals surface area (Å²) in [5.74, 6) is 1.02. The number of aromatic nitrogens is 3. The number of imidazole rings is 1. The fraction of sp³-hybridized carbons (Fsp3) is 0.471. The molecular formula is C34H45N7O5S. The lowest BCUT2D eigenvalue weighted by molar-refractivity contribution is -0.139. The van der Waals surface area contributed by atoms with Gasteiger partial charge in [0.15, 0.2) is 5.82 Å². The number of rotatable bonds is 14. The molecule has 2 N–H and O–H groups in total. The van der Waals surface area contributed by atoms with Gasteiger partial charge in [-0.15, -0.1) is 0 Å². The number of aryl methyl sites for hydroxylation is 2. The summed E-state index contributed by atoms with van der Waals surface area (Å²) in [5.41, 5.74) is 10.6. The number of hydrogen-bond acceptors (Lipinski definition) is 9. The number of amides is 1. The number of pyridine rings is 1. The molecule has 47 heavy (non-hydrogen) atoms. The van der Waals surface area contributed by atoms with Crippen molar-refractivity contribution in [2.24, 2.45) is 0 Å². The Morgan fingerprint density at radius 2 is 1.74 bits per heavy atom. The molecule has 252 valence electrons. The molecule has 2 aromatic heterocycles. The Morgan fingerprint density at radius 1 is 1.00 bits per heavy atom. The van der Waals surface area contributed by atoms with Gasteiger partial charge in [-0.25, -0.2) is 18.4 Å². The van der Waals surface area contributed by atoms with Crippen molar-refractivity contribution < 1.29 is 22.7 Å². The molecule has 0 atom stereocenters. The zero-order valence-corrected chi connectivity index (χ0v) is 28.3. The minimum Gasteiger partial charge on any atom is -0.469 e. The van der Waals surface area contributed by atoms with Gasteiger partial charge in [-0.2, -0.15) is 4.31 Å². The lowest BCUT2D eigenvalue weighted by Crippen LogP contribution is -2.51. The van der Waals surface area contributed by atoms with Crippen LogP contribution in [0.5, 0.6) is 0 Å². The number of piperazine rings is 1. The Labute approximate surface area is 276 Å². The normalized spacial score (nSPS) is 14.5. The van der Waals surface area contributed by atoms with E-state index >= 15 is 0 Å². The van der Waals surface area contributed by atoms with Gasteiger partial charge in [0, 0.05) is 57.6 Å². The highest BCUT2D eigenvalue weighted by Crippen LogP contribution is 2.29. The number of sulfonamides is 1. The maximum atomic E-state index is 13.9. The average Bonchev–Trinajstić information content (AvgIpc) is 3.42. The molecule has 0 bridgehead atoms. The van der Waals surface area contributed by atoms with E-state index < -0.39 is 10.0 Å². The number of nitrogens with zero attached hydrogens (tertiary/aromatic N) is 6. The number of benzene rings is 2. The summed E-state index contributed by atoms with van der Waals surface area (Å²) < 4.78 is 32.5. The maximum absolute atomic E-state index is 13.9. The zero-order chi connectivity index (χ0) is 33.6. The average molecular weight is 664 g/mol. The molecule has 1 amide bonds. The minimum absolute atomic E-state index is 0.0308. The first-order chi connectivity index (χ1) is 22.6. The molecule has 1 aliphatic heterocycles. The number of para-hydroxylation sites is 1. The molecule has 0 radical (unpaired) electrons. The number of hydrogen-bond donors (Lipinski definition) is 1. The summed E-state index contributed by atoms with van der Waals surface area (Å²) in [5, 5.41) is 0.996. The van der Waals surface area contributed by atoms with Crippen LogP contribution in [-0.4, -0.2) is 102 Å². The summed E-state index contributed by atoms with van der Waals surface area (Å²) in [6.07, 6.45) is 4.89. The fourth-order valence-electron chi connectivity index (χ4n) is 6.19. The van der Waals surface area contributed by atoms with Gasteiger partial charge in [-0.1, -0.05) is 55.8 Å². The van der Waals surface area contributed by atoms with Crippen molar-refractivity contribution in [1.82, 2.24) is 28.6 Å². The third kappa shape index (κ3) is 8.45. The number of ether oxygens (including phenoxy) is 1. The molecule has 1 aliphatic rings. The second-order valence-electron chi connectivity index (χ2n) is 12.2. The summed E-state index contributed by atoms with van der Waals surface area (Å²) in [4.78, 5) is 39.2. The van der Waals surface area contributed by atoms with Gasteiger partial charge in [0.05, 0.1) is 37.4 Å². The number of unbranched alkanes of at least 4 members (excludes halogenated alkanes) is 1. The Balaban J connectivity index is 1.38. The van der Waals surface area contributed by atoms with Gasteiger partial charge in [-0.05, 0) is 30.0 Å². The molecule has 5 rings (SSSR count). The summed E-state index contributed by atoms with van der Waals surface area (Å²) in [7, 11) is -1.90. The van der Waals surface area contributed by atoms with E-state index in [-0.39, 0.29) is 24.8 Å². The van der Waals surface area contributed by atoms with Crippen LogP contribution in [0.3, 0.4) is 0 Å². The van der Waals surface area contributed by atoms with Crippen LogP contribution in [-0.2, 0) is 50.3 Å². The number of carbonyl (C=O) groups is 2. The number of methoxy groups -OCH3 is 1. The van der Waals surface area contributed by atoms with Gasteiger partial charge in [-0.3, -0.25) is 14.5 Å². The second kappa shape index (κ2) is 15.2. The Kier molecular flexibility index (Phi) is 11.1. The molecule has 1 fully saturated rings. The van der Waals surface area contributed by atoms with E-state index in [4.69, 9.17) is 15.5 Å². The van der Waals surface area contributed by atoms with E-state index in [0.29, 0.717) is 63.6 Å². The van der Waals surface area contributed by atoms with Crippen LogP contribution >= 0.6 is 0 Å². The highest BCUT2D eigenvalue weighted by atomic mass is 32.2. The van der Waals surface area contributed by atoms with Crippen molar-refractivity contribution >= 4 is 49.7 Å². The molecular weight excluding hydrogens is 618 g/mol. The highest BCUT2D eigenvalue weighted by Gasteiger charge is 2.26. The Hall–Kier alpha value is -4.07. The quantitative estimate of drug-likeness (QED) is 0.201. The predicted molar refractivity (Wildman–Crippen MR) is 183 cm³/mol. The molecule has 0 spiro atoms. The number of esters is 1. The van der Waals surface area contributed by atoms with Crippen LogP contribution in [0.2, 0.25) is 0 Å². The van der Waals surface area contributed by atoms with Crippen LogP contribution in [0, 0.1) is 0 Å². The molecule has 0 aliphatic carbocycles. The number of nitrogens with two attached hydrogens (primary N) is 1. The monoisotopic (exact) mass is 663 g/mol. The first kappa shape index (κ1) is 34.3. The van der Waals surface area contributed by atoms with Crippen molar-refractivity contribution in [3.63, 3.8) is 0 Å². The topological polar surface area (TPSA) is 144 Å². The number of fused-ring (bicyclic) bond motifs is 3. The summed E-state index contributed by atoms with van der Waals surface area (Å²) in [6, 6.07) is 15.6.